The monoisotopic (exact) mass is 293 g/mol. The number of thiophene rings is 1. The molecule has 0 saturated carbocycles. The van der Waals surface area contributed by atoms with E-state index in [0.717, 1.165) is 10.7 Å². The van der Waals surface area contributed by atoms with Crippen LogP contribution in [-0.4, -0.2) is 15.3 Å². The second-order valence-electron chi connectivity index (χ2n) is 4.47. The maximum absolute atomic E-state index is 12.3. The van der Waals surface area contributed by atoms with Crippen LogP contribution in [0.15, 0.2) is 54.2 Å². The molecule has 2 aromatic heterocycles. The van der Waals surface area contributed by atoms with Gasteiger partial charge in [0.2, 0.25) is 0 Å². The van der Waals surface area contributed by atoms with E-state index in [1.54, 1.807) is 48.0 Å². The highest BCUT2D eigenvalue weighted by Crippen LogP contribution is 2.23. The number of carbonyl (C=O) groups is 1. The van der Waals surface area contributed by atoms with E-state index >= 15 is 0 Å². The first-order chi connectivity index (χ1) is 10.3. The van der Waals surface area contributed by atoms with Crippen molar-refractivity contribution in [1.29, 1.82) is 5.26 Å². The summed E-state index contributed by atoms with van der Waals surface area (Å²) in [6, 6.07) is 12.7. The van der Waals surface area contributed by atoms with E-state index in [9.17, 15) is 4.79 Å². The number of rotatable bonds is 4. The fourth-order valence-corrected chi connectivity index (χ4v) is 2.78. The number of carbonyl (C=O) groups excluding carboxylic acids is 1. The zero-order valence-corrected chi connectivity index (χ0v) is 11.9. The van der Waals surface area contributed by atoms with Gasteiger partial charge in [0.15, 0.2) is 5.78 Å². The summed E-state index contributed by atoms with van der Waals surface area (Å²) in [4.78, 5) is 17.7. The molecule has 0 spiro atoms. The number of benzene rings is 1. The molecule has 3 aromatic rings. The van der Waals surface area contributed by atoms with Crippen molar-refractivity contribution in [2.75, 3.05) is 0 Å². The first-order valence-corrected chi connectivity index (χ1v) is 7.24. The van der Waals surface area contributed by atoms with Crippen LogP contribution >= 0.6 is 11.3 Å². The van der Waals surface area contributed by atoms with Gasteiger partial charge in [-0.3, -0.25) is 4.79 Å². The SMILES string of the molecule is N#Cc1ccc(C(=O)Cn2ccnc2-c2cccs2)cc1. The van der Waals surface area contributed by atoms with Gasteiger partial charge >= 0.3 is 0 Å². The van der Waals surface area contributed by atoms with Crippen LogP contribution in [0.1, 0.15) is 15.9 Å². The topological polar surface area (TPSA) is 58.7 Å². The van der Waals surface area contributed by atoms with Crippen molar-refractivity contribution in [1.82, 2.24) is 9.55 Å². The van der Waals surface area contributed by atoms with E-state index in [1.807, 2.05) is 28.1 Å². The number of aromatic nitrogens is 2. The molecule has 0 atom stereocenters. The van der Waals surface area contributed by atoms with E-state index in [-0.39, 0.29) is 12.3 Å². The van der Waals surface area contributed by atoms with Crippen LogP contribution in [0.5, 0.6) is 0 Å². The molecule has 0 amide bonds. The molecule has 2 heterocycles. The van der Waals surface area contributed by atoms with E-state index in [0.29, 0.717) is 11.1 Å². The Morgan fingerprint density at radius 3 is 2.76 bits per heavy atom. The minimum Gasteiger partial charge on any atom is -0.323 e. The minimum atomic E-state index is -0.00436. The van der Waals surface area contributed by atoms with Crippen LogP contribution in [0, 0.1) is 11.3 Å². The first kappa shape index (κ1) is 13.3. The smallest absolute Gasteiger partial charge is 0.182 e. The predicted octanol–water partition coefficient (Wildman–Crippen LogP) is 3.37. The molecule has 0 bridgehead atoms. The number of Topliss-reactive ketones (excluding diaryl/α,β-unsaturated/α-hetero) is 1. The third kappa shape index (κ3) is 2.76. The maximum Gasteiger partial charge on any atom is 0.182 e. The van der Waals surface area contributed by atoms with Gasteiger partial charge in [0.1, 0.15) is 5.82 Å². The number of imidazole rings is 1. The van der Waals surface area contributed by atoms with Crippen LogP contribution in [-0.2, 0) is 6.54 Å². The quantitative estimate of drug-likeness (QED) is 0.693. The third-order valence-electron chi connectivity index (χ3n) is 3.11. The van der Waals surface area contributed by atoms with Gasteiger partial charge in [0.05, 0.1) is 23.1 Å². The Balaban J connectivity index is 1.82. The molecule has 1 aromatic carbocycles. The molecule has 0 saturated heterocycles. The highest BCUT2D eigenvalue weighted by Gasteiger charge is 2.12. The Morgan fingerprint density at radius 2 is 2.10 bits per heavy atom. The Bertz CT molecular complexity index is 795. The molecule has 0 unspecified atom stereocenters. The molecule has 21 heavy (non-hydrogen) atoms. The second kappa shape index (κ2) is 5.73. The summed E-state index contributed by atoms with van der Waals surface area (Å²) in [5.41, 5.74) is 1.15. The number of hydrogen-bond acceptors (Lipinski definition) is 4. The van der Waals surface area contributed by atoms with E-state index in [1.165, 1.54) is 0 Å². The second-order valence-corrected chi connectivity index (χ2v) is 5.42. The van der Waals surface area contributed by atoms with Gasteiger partial charge in [-0.2, -0.15) is 5.26 Å². The van der Waals surface area contributed by atoms with Crippen LogP contribution in [0.4, 0.5) is 0 Å². The summed E-state index contributed by atoms with van der Waals surface area (Å²) < 4.78 is 1.84. The van der Waals surface area contributed by atoms with Gasteiger partial charge in [-0.05, 0) is 23.6 Å². The zero-order chi connectivity index (χ0) is 14.7. The maximum atomic E-state index is 12.3. The van der Waals surface area contributed by atoms with Gasteiger partial charge < -0.3 is 4.57 Å². The van der Waals surface area contributed by atoms with Gasteiger partial charge in [0.25, 0.3) is 0 Å². The Labute approximate surface area is 125 Å². The minimum absolute atomic E-state index is 0.00436. The lowest BCUT2D eigenvalue weighted by Crippen LogP contribution is -2.10. The molecule has 0 aliphatic carbocycles. The highest BCUT2D eigenvalue weighted by atomic mass is 32.1. The van der Waals surface area contributed by atoms with Crippen LogP contribution in [0.2, 0.25) is 0 Å². The molecule has 0 aliphatic heterocycles. The summed E-state index contributed by atoms with van der Waals surface area (Å²) in [6.45, 7) is 0.235. The van der Waals surface area contributed by atoms with E-state index < -0.39 is 0 Å². The zero-order valence-electron chi connectivity index (χ0n) is 11.1. The summed E-state index contributed by atoms with van der Waals surface area (Å²) in [6.07, 6.45) is 3.50. The van der Waals surface area contributed by atoms with Gasteiger partial charge in [-0.25, -0.2) is 4.98 Å². The number of ketones is 1. The van der Waals surface area contributed by atoms with Crippen molar-refractivity contribution in [3.05, 3.63) is 65.3 Å². The van der Waals surface area contributed by atoms with Gasteiger partial charge in [-0.15, -0.1) is 11.3 Å². The van der Waals surface area contributed by atoms with Crippen molar-refractivity contribution < 1.29 is 4.79 Å². The Hall–Kier alpha value is -2.71. The third-order valence-corrected chi connectivity index (χ3v) is 3.97. The van der Waals surface area contributed by atoms with E-state index in [2.05, 4.69) is 4.98 Å². The van der Waals surface area contributed by atoms with Crippen molar-refractivity contribution in [2.45, 2.75) is 6.54 Å². The standard InChI is InChI=1S/C16H11N3OS/c17-10-12-3-5-13(6-4-12)14(20)11-19-8-7-18-16(19)15-2-1-9-21-15/h1-9H,11H2. The van der Waals surface area contributed by atoms with Crippen molar-refractivity contribution in [3.8, 4) is 16.8 Å². The molecule has 4 nitrogen and oxygen atoms in total. The first-order valence-electron chi connectivity index (χ1n) is 6.36. The Kier molecular flexibility index (Phi) is 3.63. The molecule has 0 N–H and O–H groups in total. The van der Waals surface area contributed by atoms with E-state index in [4.69, 9.17) is 5.26 Å². The van der Waals surface area contributed by atoms with Gasteiger partial charge in [-0.1, -0.05) is 18.2 Å². The van der Waals surface area contributed by atoms with Crippen molar-refractivity contribution >= 4 is 17.1 Å². The molecule has 5 heteroatoms. The number of nitriles is 1. The molecular weight excluding hydrogens is 282 g/mol. The van der Waals surface area contributed by atoms with Gasteiger partial charge in [0, 0.05) is 18.0 Å². The lowest BCUT2D eigenvalue weighted by molar-refractivity contribution is 0.0972. The highest BCUT2D eigenvalue weighted by molar-refractivity contribution is 7.13. The molecular formula is C16H11N3OS. The van der Waals surface area contributed by atoms with Crippen molar-refractivity contribution in [2.24, 2.45) is 0 Å². The summed E-state index contributed by atoms with van der Waals surface area (Å²) in [5.74, 6) is 0.794. The molecule has 0 radical (unpaired) electrons. The normalized spacial score (nSPS) is 10.2. The average Bonchev–Trinajstić information content (AvgIpc) is 3.18. The fraction of sp³-hybridized carbons (Fsp3) is 0.0625. The van der Waals surface area contributed by atoms with Crippen LogP contribution < -0.4 is 0 Å². The lowest BCUT2D eigenvalue weighted by Gasteiger charge is -2.06. The largest absolute Gasteiger partial charge is 0.323 e. The average molecular weight is 293 g/mol. The predicted molar refractivity (Wildman–Crippen MR) is 81.0 cm³/mol. The molecule has 102 valence electrons. The molecule has 0 aliphatic rings. The summed E-state index contributed by atoms with van der Waals surface area (Å²) >= 11 is 1.59. The molecule has 3 rings (SSSR count). The lowest BCUT2D eigenvalue weighted by atomic mass is 10.1. The fourth-order valence-electron chi connectivity index (χ4n) is 2.04. The Morgan fingerprint density at radius 1 is 1.29 bits per heavy atom. The summed E-state index contributed by atoms with van der Waals surface area (Å²) in [7, 11) is 0. The number of nitrogens with zero attached hydrogens (tertiary/aromatic N) is 3. The molecule has 0 fully saturated rings. The van der Waals surface area contributed by atoms with Crippen LogP contribution in [0.25, 0.3) is 10.7 Å². The van der Waals surface area contributed by atoms with Crippen LogP contribution in [0.3, 0.4) is 0 Å². The van der Waals surface area contributed by atoms with Crippen molar-refractivity contribution in [3.63, 3.8) is 0 Å². The number of hydrogen-bond donors (Lipinski definition) is 0. The summed E-state index contributed by atoms with van der Waals surface area (Å²) in [5, 5.41) is 10.8.